The van der Waals surface area contributed by atoms with E-state index in [4.69, 9.17) is 0 Å². The van der Waals surface area contributed by atoms with Gasteiger partial charge in [0, 0.05) is 36.2 Å². The van der Waals surface area contributed by atoms with E-state index in [0.29, 0.717) is 19.6 Å². The maximum absolute atomic E-state index is 14.0. The topological polar surface area (TPSA) is 32.3 Å². The molecule has 25 heavy (non-hydrogen) atoms. The first-order valence-corrected chi connectivity index (χ1v) is 9.71. The molecular formula is C20H23FN2OS. The van der Waals surface area contributed by atoms with Crippen molar-refractivity contribution in [2.75, 3.05) is 25.4 Å². The predicted octanol–water partition coefficient (Wildman–Crippen LogP) is 4.26. The van der Waals surface area contributed by atoms with Gasteiger partial charge in [-0.1, -0.05) is 48.5 Å². The average molecular weight is 358 g/mol. The molecule has 1 aliphatic rings. The maximum Gasteiger partial charge on any atom is 0.317 e. The van der Waals surface area contributed by atoms with Gasteiger partial charge in [-0.05, 0) is 24.5 Å². The Kier molecular flexibility index (Phi) is 6.34. The van der Waals surface area contributed by atoms with Crippen molar-refractivity contribution < 1.29 is 9.18 Å². The Morgan fingerprint density at radius 1 is 1.12 bits per heavy atom. The van der Waals surface area contributed by atoms with E-state index in [-0.39, 0.29) is 17.1 Å². The van der Waals surface area contributed by atoms with Crippen LogP contribution < -0.4 is 5.32 Å². The number of carbonyl (C=O) groups excluding carboxylic acids is 1. The number of amides is 2. The third-order valence-corrected chi connectivity index (χ3v) is 5.72. The molecule has 1 unspecified atom stereocenters. The van der Waals surface area contributed by atoms with E-state index < -0.39 is 0 Å². The molecule has 0 aromatic heterocycles. The van der Waals surface area contributed by atoms with Crippen molar-refractivity contribution in [2.24, 2.45) is 0 Å². The molecule has 2 aromatic carbocycles. The van der Waals surface area contributed by atoms with Crippen molar-refractivity contribution in [1.82, 2.24) is 10.2 Å². The molecule has 3 nitrogen and oxygen atoms in total. The van der Waals surface area contributed by atoms with Gasteiger partial charge in [-0.2, -0.15) is 11.8 Å². The Balaban J connectivity index is 1.49. The molecule has 0 spiro atoms. The molecule has 0 saturated carbocycles. The summed E-state index contributed by atoms with van der Waals surface area (Å²) in [6.45, 7) is 1.99. The van der Waals surface area contributed by atoms with Crippen molar-refractivity contribution in [3.05, 3.63) is 71.5 Å². The van der Waals surface area contributed by atoms with Crippen molar-refractivity contribution in [3.8, 4) is 0 Å². The van der Waals surface area contributed by atoms with Crippen molar-refractivity contribution in [2.45, 2.75) is 18.1 Å². The van der Waals surface area contributed by atoms with E-state index in [0.717, 1.165) is 24.2 Å². The minimum Gasteiger partial charge on any atom is -0.338 e. The predicted molar refractivity (Wildman–Crippen MR) is 101 cm³/mol. The summed E-state index contributed by atoms with van der Waals surface area (Å²) in [7, 11) is 0. The van der Waals surface area contributed by atoms with Crippen LogP contribution in [0.2, 0.25) is 0 Å². The van der Waals surface area contributed by atoms with Crippen molar-refractivity contribution >= 4 is 17.8 Å². The lowest BCUT2D eigenvalue weighted by Crippen LogP contribution is -2.41. The van der Waals surface area contributed by atoms with Crippen LogP contribution in [0.3, 0.4) is 0 Å². The molecule has 1 heterocycles. The van der Waals surface area contributed by atoms with E-state index in [2.05, 4.69) is 17.4 Å². The molecular weight excluding hydrogens is 335 g/mol. The fraction of sp³-hybridized carbons (Fsp3) is 0.350. The molecule has 1 atom stereocenters. The molecule has 1 N–H and O–H groups in total. The normalized spacial score (nSPS) is 17.8. The first-order valence-electron chi connectivity index (χ1n) is 8.67. The number of hydrogen-bond donors (Lipinski definition) is 1. The third-order valence-electron chi connectivity index (χ3n) is 4.41. The first kappa shape index (κ1) is 17.8. The van der Waals surface area contributed by atoms with Crippen LogP contribution in [-0.4, -0.2) is 36.3 Å². The second-order valence-corrected chi connectivity index (χ2v) is 7.43. The number of carbonyl (C=O) groups is 1. The molecule has 1 saturated heterocycles. The molecule has 0 aliphatic carbocycles. The Morgan fingerprint density at radius 3 is 2.68 bits per heavy atom. The van der Waals surface area contributed by atoms with Crippen LogP contribution >= 0.6 is 11.8 Å². The zero-order valence-corrected chi connectivity index (χ0v) is 15.0. The lowest BCUT2D eigenvalue weighted by molar-refractivity contribution is 0.201. The van der Waals surface area contributed by atoms with Crippen molar-refractivity contribution in [1.29, 1.82) is 0 Å². The Labute approximate surface area is 152 Å². The first-order chi connectivity index (χ1) is 12.2. The van der Waals surface area contributed by atoms with E-state index in [1.54, 1.807) is 17.8 Å². The van der Waals surface area contributed by atoms with E-state index in [1.165, 1.54) is 11.6 Å². The molecule has 2 aromatic rings. The summed E-state index contributed by atoms with van der Waals surface area (Å²) in [4.78, 5) is 14.2. The summed E-state index contributed by atoms with van der Waals surface area (Å²) in [5.74, 6) is 0.672. The molecule has 5 heteroatoms. The number of halogens is 1. The molecule has 1 fully saturated rings. The number of nitrogens with one attached hydrogen (secondary N) is 1. The highest BCUT2D eigenvalue weighted by Gasteiger charge is 2.23. The highest BCUT2D eigenvalue weighted by molar-refractivity contribution is 7.99. The minimum absolute atomic E-state index is 0.0225. The third kappa shape index (κ3) is 4.98. The zero-order chi connectivity index (χ0) is 17.5. The Morgan fingerprint density at radius 2 is 1.88 bits per heavy atom. The summed E-state index contributed by atoms with van der Waals surface area (Å²) in [6, 6.07) is 17.1. The van der Waals surface area contributed by atoms with Crippen LogP contribution in [-0.2, 0) is 6.42 Å². The lowest BCUT2D eigenvalue weighted by Gasteiger charge is -2.21. The highest BCUT2D eigenvalue weighted by Crippen LogP contribution is 2.35. The fourth-order valence-corrected chi connectivity index (χ4v) is 4.28. The fourth-order valence-electron chi connectivity index (χ4n) is 3.03. The second-order valence-electron chi connectivity index (χ2n) is 6.12. The summed E-state index contributed by atoms with van der Waals surface area (Å²) in [6.07, 6.45) is 1.60. The summed E-state index contributed by atoms with van der Waals surface area (Å²) in [5.41, 5.74) is 1.97. The smallest absolute Gasteiger partial charge is 0.317 e. The number of nitrogens with zero attached hydrogens (tertiary/aromatic N) is 1. The molecule has 132 valence electrons. The zero-order valence-electron chi connectivity index (χ0n) is 14.2. The standard InChI is InChI=1S/C20H23FN2OS/c21-18-9-5-4-8-17(18)19-11-13-23(14-15-25-19)20(24)22-12-10-16-6-2-1-3-7-16/h1-9,19H,10-15H2,(H,22,24). The van der Waals surface area contributed by atoms with Gasteiger partial charge in [-0.25, -0.2) is 9.18 Å². The molecule has 0 radical (unpaired) electrons. The summed E-state index contributed by atoms with van der Waals surface area (Å²) >= 11 is 1.73. The van der Waals surface area contributed by atoms with Gasteiger partial charge in [0.25, 0.3) is 0 Å². The number of hydrogen-bond acceptors (Lipinski definition) is 2. The lowest BCUT2D eigenvalue weighted by atomic mass is 10.1. The molecule has 0 bridgehead atoms. The number of rotatable bonds is 4. The highest BCUT2D eigenvalue weighted by atomic mass is 32.2. The van der Waals surface area contributed by atoms with Crippen LogP contribution in [0.25, 0.3) is 0 Å². The number of thioether (sulfide) groups is 1. The van der Waals surface area contributed by atoms with Crippen molar-refractivity contribution in [3.63, 3.8) is 0 Å². The SMILES string of the molecule is O=C(NCCc1ccccc1)N1CCSC(c2ccccc2F)CC1. The monoisotopic (exact) mass is 358 g/mol. The maximum atomic E-state index is 14.0. The van der Waals surface area contributed by atoms with Crippen LogP contribution in [0.1, 0.15) is 22.8 Å². The van der Waals surface area contributed by atoms with Gasteiger partial charge >= 0.3 is 6.03 Å². The summed E-state index contributed by atoms with van der Waals surface area (Å²) in [5, 5.41) is 3.11. The molecule has 3 rings (SSSR count). The van der Waals surface area contributed by atoms with Gasteiger partial charge in [-0.3, -0.25) is 0 Å². The number of urea groups is 1. The quantitative estimate of drug-likeness (QED) is 0.886. The van der Waals surface area contributed by atoms with Gasteiger partial charge in [0.05, 0.1) is 0 Å². The second kappa shape index (κ2) is 8.90. The van der Waals surface area contributed by atoms with Crippen LogP contribution in [0.5, 0.6) is 0 Å². The van der Waals surface area contributed by atoms with Gasteiger partial charge in [-0.15, -0.1) is 0 Å². The molecule has 2 amide bonds. The van der Waals surface area contributed by atoms with Gasteiger partial charge in [0.15, 0.2) is 0 Å². The Hall–Kier alpha value is -2.01. The Bertz CT molecular complexity index is 695. The van der Waals surface area contributed by atoms with E-state index in [9.17, 15) is 9.18 Å². The van der Waals surface area contributed by atoms with Gasteiger partial charge in [0.1, 0.15) is 5.82 Å². The minimum atomic E-state index is -0.152. The van der Waals surface area contributed by atoms with E-state index in [1.807, 2.05) is 35.2 Å². The average Bonchev–Trinajstić information content (AvgIpc) is 2.89. The van der Waals surface area contributed by atoms with Crippen LogP contribution in [0, 0.1) is 5.82 Å². The summed E-state index contributed by atoms with van der Waals surface area (Å²) < 4.78 is 14.0. The van der Waals surface area contributed by atoms with Gasteiger partial charge < -0.3 is 10.2 Å². The largest absolute Gasteiger partial charge is 0.338 e. The number of benzene rings is 2. The molecule has 1 aliphatic heterocycles. The van der Waals surface area contributed by atoms with E-state index >= 15 is 0 Å². The van der Waals surface area contributed by atoms with Crippen LogP contribution in [0.15, 0.2) is 54.6 Å². The van der Waals surface area contributed by atoms with Gasteiger partial charge in [0.2, 0.25) is 0 Å². The van der Waals surface area contributed by atoms with Crippen LogP contribution in [0.4, 0.5) is 9.18 Å².